The van der Waals surface area contributed by atoms with Crippen molar-refractivity contribution in [2.45, 2.75) is 49.8 Å². The molecule has 1 saturated heterocycles. The molecule has 5 heteroatoms. The minimum atomic E-state index is -0.327. The Morgan fingerprint density at radius 1 is 1.38 bits per heavy atom. The van der Waals surface area contributed by atoms with Gasteiger partial charge >= 0.3 is 0 Å². The first-order chi connectivity index (χ1) is 11.5. The van der Waals surface area contributed by atoms with Gasteiger partial charge in [-0.3, -0.25) is 9.69 Å². The second-order valence-electron chi connectivity index (χ2n) is 7.40. The number of benzene rings is 1. The lowest BCUT2D eigenvalue weighted by atomic mass is 9.55. The Hall–Kier alpha value is -1.59. The average Bonchev–Trinajstić information content (AvgIpc) is 3.25. The Bertz CT molecular complexity index is 703. The number of phenols is 1. The zero-order valence-electron chi connectivity index (χ0n) is 14.7. The van der Waals surface area contributed by atoms with E-state index in [1.165, 1.54) is 0 Å². The number of Topliss-reactive ketones (excluding diaryl/α,β-unsaturated/α-hetero) is 1. The first kappa shape index (κ1) is 15.9. The number of carbonyl (C=O) groups excluding carboxylic acids is 1. The first-order valence-corrected chi connectivity index (χ1v) is 8.68. The molecule has 0 aromatic heterocycles. The highest BCUT2D eigenvalue weighted by atomic mass is 16.5. The lowest BCUT2D eigenvalue weighted by molar-refractivity contribution is -0.137. The van der Waals surface area contributed by atoms with Crippen LogP contribution in [0.3, 0.4) is 0 Å². The number of methoxy groups -OCH3 is 2. The molecule has 1 aromatic carbocycles. The summed E-state index contributed by atoms with van der Waals surface area (Å²) in [5, 5.41) is 10.9. The second kappa shape index (κ2) is 5.20. The number of likely N-dealkylation sites (N-methyl/N-ethyl adjacent to an activating group) is 1. The summed E-state index contributed by atoms with van der Waals surface area (Å²) in [6.45, 7) is 2.12. The monoisotopic (exact) mass is 331 g/mol. The van der Waals surface area contributed by atoms with Crippen molar-refractivity contribution in [3.05, 3.63) is 23.3 Å². The number of nitrogens with zero attached hydrogens (tertiary/aromatic N) is 1. The van der Waals surface area contributed by atoms with Crippen molar-refractivity contribution in [1.29, 1.82) is 0 Å². The lowest BCUT2D eigenvalue weighted by Gasteiger charge is -2.48. The number of carbonyl (C=O) groups is 1. The van der Waals surface area contributed by atoms with Crippen molar-refractivity contribution in [2.75, 3.05) is 21.3 Å². The van der Waals surface area contributed by atoms with Gasteiger partial charge in [0.05, 0.1) is 13.2 Å². The number of fused-ring (bicyclic) bond motifs is 6. The maximum absolute atomic E-state index is 12.7. The van der Waals surface area contributed by atoms with Crippen LogP contribution >= 0.6 is 0 Å². The molecule has 24 heavy (non-hydrogen) atoms. The Morgan fingerprint density at radius 2 is 2.12 bits per heavy atom. The molecule has 5 unspecified atom stereocenters. The average molecular weight is 331 g/mol. The number of hydrogen-bond donors (Lipinski definition) is 1. The quantitative estimate of drug-likeness (QED) is 0.862. The predicted molar refractivity (Wildman–Crippen MR) is 89.4 cm³/mol. The van der Waals surface area contributed by atoms with Crippen molar-refractivity contribution in [3.8, 4) is 11.5 Å². The zero-order chi connectivity index (χ0) is 17.2. The zero-order valence-corrected chi connectivity index (χ0v) is 14.7. The number of rotatable bonds is 3. The first-order valence-electron chi connectivity index (χ1n) is 8.68. The van der Waals surface area contributed by atoms with Crippen LogP contribution in [-0.2, 0) is 14.9 Å². The molecule has 0 bridgehead atoms. The smallest absolute Gasteiger partial charge is 0.162 e. The van der Waals surface area contributed by atoms with Crippen LogP contribution in [0.4, 0.5) is 0 Å². The van der Waals surface area contributed by atoms with Gasteiger partial charge in [0.1, 0.15) is 6.10 Å². The molecule has 130 valence electrons. The largest absolute Gasteiger partial charge is 0.504 e. The summed E-state index contributed by atoms with van der Waals surface area (Å²) in [4.78, 5) is 15.0. The summed E-state index contributed by atoms with van der Waals surface area (Å²) in [6, 6.07) is 4.65. The summed E-state index contributed by atoms with van der Waals surface area (Å²) in [5.41, 5.74) is 1.76. The molecule has 2 aliphatic carbocycles. The standard InChI is InChI=1S/C19H25NO4/c1-5-19-9-12(21)14(24-4)8-11(19)17-16(20(17)2)10-6-7-13(23-3)18(22)15(10)19/h6-7,11,14,16-17,22H,5,8-9H2,1-4H3/t11-,14?,16?,17?,19?,20?/m1/s1. The van der Waals surface area contributed by atoms with Crippen molar-refractivity contribution in [3.63, 3.8) is 0 Å². The van der Waals surface area contributed by atoms with E-state index in [1.54, 1.807) is 14.2 Å². The highest BCUT2D eigenvalue weighted by Gasteiger charge is 2.65. The van der Waals surface area contributed by atoms with Crippen molar-refractivity contribution in [2.24, 2.45) is 5.92 Å². The van der Waals surface area contributed by atoms with E-state index in [2.05, 4.69) is 24.9 Å². The summed E-state index contributed by atoms with van der Waals surface area (Å²) >= 11 is 0. The highest BCUT2D eigenvalue weighted by Crippen LogP contribution is 2.65. The fourth-order valence-corrected chi connectivity index (χ4v) is 5.47. The van der Waals surface area contributed by atoms with E-state index >= 15 is 0 Å². The van der Waals surface area contributed by atoms with E-state index in [1.807, 2.05) is 6.07 Å². The number of ether oxygens (including phenoxy) is 2. The van der Waals surface area contributed by atoms with Crippen molar-refractivity contribution < 1.29 is 19.4 Å². The minimum absolute atomic E-state index is 0.144. The number of aromatic hydroxyl groups is 1. The fourth-order valence-electron chi connectivity index (χ4n) is 5.47. The number of ketones is 1. The molecule has 6 atom stereocenters. The second-order valence-corrected chi connectivity index (χ2v) is 7.40. The van der Waals surface area contributed by atoms with Crippen LogP contribution in [0.1, 0.15) is 43.4 Å². The molecule has 1 aromatic rings. The molecule has 1 aliphatic heterocycles. The van der Waals surface area contributed by atoms with E-state index in [0.717, 1.165) is 24.0 Å². The lowest BCUT2D eigenvalue weighted by Crippen LogP contribution is -2.51. The van der Waals surface area contributed by atoms with Crippen LogP contribution < -0.4 is 4.74 Å². The minimum Gasteiger partial charge on any atom is -0.504 e. The fraction of sp³-hybridized carbons (Fsp3) is 0.632. The van der Waals surface area contributed by atoms with E-state index < -0.39 is 0 Å². The molecule has 2 fully saturated rings. The van der Waals surface area contributed by atoms with Gasteiger partial charge in [-0.25, -0.2) is 0 Å². The van der Waals surface area contributed by atoms with Gasteiger partial charge < -0.3 is 14.6 Å². The molecule has 0 spiro atoms. The molecule has 1 N–H and O–H groups in total. The SMILES string of the molecule is CCC12CC(=O)C(OC)C[C@@H]1C1C(c3ccc(OC)c(O)c32)N1C. The van der Waals surface area contributed by atoms with Crippen LogP contribution in [0.2, 0.25) is 0 Å². The third-order valence-electron chi connectivity index (χ3n) is 6.71. The van der Waals surface area contributed by atoms with Crippen LogP contribution in [0.15, 0.2) is 12.1 Å². The van der Waals surface area contributed by atoms with Gasteiger partial charge in [-0.2, -0.15) is 0 Å². The molecule has 0 amide bonds. The maximum Gasteiger partial charge on any atom is 0.162 e. The molecule has 1 heterocycles. The number of hydrogen-bond acceptors (Lipinski definition) is 5. The van der Waals surface area contributed by atoms with Crippen LogP contribution in [0, 0.1) is 5.92 Å². The Balaban J connectivity index is 1.93. The number of phenolic OH excluding ortho intramolecular Hbond substituents is 1. The van der Waals surface area contributed by atoms with Crippen LogP contribution in [0.5, 0.6) is 11.5 Å². The van der Waals surface area contributed by atoms with E-state index in [-0.39, 0.29) is 23.1 Å². The molecule has 5 nitrogen and oxygen atoms in total. The van der Waals surface area contributed by atoms with Gasteiger partial charge in [0.25, 0.3) is 0 Å². The molecule has 0 radical (unpaired) electrons. The van der Waals surface area contributed by atoms with Crippen LogP contribution in [0.25, 0.3) is 0 Å². The van der Waals surface area contributed by atoms with Gasteiger partial charge in [0.15, 0.2) is 17.3 Å². The third kappa shape index (κ3) is 1.80. The molecule has 1 saturated carbocycles. The van der Waals surface area contributed by atoms with Gasteiger partial charge in [-0.05, 0) is 37.4 Å². The van der Waals surface area contributed by atoms with E-state index in [4.69, 9.17) is 9.47 Å². The maximum atomic E-state index is 12.7. The van der Waals surface area contributed by atoms with Crippen molar-refractivity contribution in [1.82, 2.24) is 4.90 Å². The summed E-state index contributed by atoms with van der Waals surface area (Å²) in [7, 11) is 5.32. The van der Waals surface area contributed by atoms with E-state index in [0.29, 0.717) is 30.2 Å². The highest BCUT2D eigenvalue weighted by molar-refractivity contribution is 5.86. The van der Waals surface area contributed by atoms with Crippen LogP contribution in [-0.4, -0.2) is 49.2 Å². The van der Waals surface area contributed by atoms with Gasteiger partial charge in [-0.1, -0.05) is 13.0 Å². The molecular weight excluding hydrogens is 306 g/mol. The third-order valence-corrected chi connectivity index (χ3v) is 6.71. The van der Waals surface area contributed by atoms with E-state index in [9.17, 15) is 9.90 Å². The topological polar surface area (TPSA) is 58.8 Å². The van der Waals surface area contributed by atoms with Gasteiger partial charge in [0, 0.05) is 30.6 Å². The molecular formula is C19H25NO4. The predicted octanol–water partition coefficient (Wildman–Crippen LogP) is 2.41. The Kier molecular flexibility index (Phi) is 3.45. The molecule has 4 rings (SSSR count). The Labute approximate surface area is 142 Å². The summed E-state index contributed by atoms with van der Waals surface area (Å²) in [6.07, 6.45) is 1.66. The normalized spacial score (nSPS) is 39.7. The Morgan fingerprint density at radius 3 is 2.75 bits per heavy atom. The van der Waals surface area contributed by atoms with Gasteiger partial charge in [-0.15, -0.1) is 0 Å². The van der Waals surface area contributed by atoms with Gasteiger partial charge in [0.2, 0.25) is 0 Å². The summed E-state index contributed by atoms with van der Waals surface area (Å²) < 4.78 is 10.8. The van der Waals surface area contributed by atoms with Crippen molar-refractivity contribution >= 4 is 5.78 Å². The molecule has 3 aliphatic rings. The summed E-state index contributed by atoms with van der Waals surface area (Å²) in [5.74, 6) is 1.16.